The first kappa shape index (κ1) is 15.6. The number of hydrogen-bond donors (Lipinski definition) is 1. The highest BCUT2D eigenvalue weighted by atomic mass is 19.4. The number of hydrogen-bond acceptors (Lipinski definition) is 5. The monoisotopic (exact) mass is 334 g/mol. The molecule has 0 saturated heterocycles. The number of carbonyl (C=O) groups is 1. The predicted octanol–water partition coefficient (Wildman–Crippen LogP) is 2.33. The van der Waals surface area contributed by atoms with Crippen LogP contribution in [0.2, 0.25) is 0 Å². The van der Waals surface area contributed by atoms with Gasteiger partial charge in [0, 0.05) is 18.6 Å². The number of rotatable bonds is 3. The van der Waals surface area contributed by atoms with E-state index < -0.39 is 17.8 Å². The zero-order valence-electron chi connectivity index (χ0n) is 11.9. The second-order valence-corrected chi connectivity index (χ2v) is 4.59. The van der Waals surface area contributed by atoms with Crippen LogP contribution in [0.25, 0.3) is 5.82 Å². The van der Waals surface area contributed by atoms with Crippen molar-refractivity contribution < 1.29 is 18.0 Å². The van der Waals surface area contributed by atoms with E-state index in [2.05, 4.69) is 25.3 Å². The molecule has 0 radical (unpaired) electrons. The Bertz CT molecular complexity index is 846. The molecule has 0 atom stereocenters. The first-order valence-electron chi connectivity index (χ1n) is 6.59. The van der Waals surface area contributed by atoms with Crippen molar-refractivity contribution in [1.82, 2.24) is 24.5 Å². The fourth-order valence-corrected chi connectivity index (χ4v) is 1.82. The van der Waals surface area contributed by atoms with Gasteiger partial charge in [0.2, 0.25) is 5.82 Å². The molecule has 0 aliphatic carbocycles. The highest BCUT2D eigenvalue weighted by Gasteiger charge is 2.32. The van der Waals surface area contributed by atoms with E-state index >= 15 is 0 Å². The number of amides is 1. The van der Waals surface area contributed by atoms with Crippen LogP contribution >= 0.6 is 0 Å². The zero-order valence-corrected chi connectivity index (χ0v) is 11.9. The summed E-state index contributed by atoms with van der Waals surface area (Å²) in [5, 5.41) is 2.39. The minimum absolute atomic E-state index is 0.102. The van der Waals surface area contributed by atoms with E-state index in [4.69, 9.17) is 0 Å². The van der Waals surface area contributed by atoms with Crippen molar-refractivity contribution in [3.05, 3.63) is 60.8 Å². The second kappa shape index (κ2) is 6.07. The third-order valence-corrected chi connectivity index (χ3v) is 2.92. The molecule has 24 heavy (non-hydrogen) atoms. The maximum Gasteiger partial charge on any atom is 0.433 e. The minimum atomic E-state index is -4.54. The predicted molar refractivity (Wildman–Crippen MR) is 76.3 cm³/mol. The van der Waals surface area contributed by atoms with Gasteiger partial charge in [-0.2, -0.15) is 13.2 Å². The molecule has 10 heteroatoms. The number of nitrogens with one attached hydrogen (secondary N) is 1. The van der Waals surface area contributed by atoms with E-state index in [1.807, 2.05) is 0 Å². The van der Waals surface area contributed by atoms with Crippen LogP contribution in [-0.2, 0) is 6.18 Å². The minimum Gasteiger partial charge on any atom is -0.318 e. The van der Waals surface area contributed by atoms with Gasteiger partial charge in [-0.05, 0) is 18.2 Å². The number of aromatic nitrogens is 5. The molecule has 0 unspecified atom stereocenters. The lowest BCUT2D eigenvalue weighted by Crippen LogP contribution is -2.17. The van der Waals surface area contributed by atoms with E-state index in [1.165, 1.54) is 12.5 Å². The molecular formula is C14H9F3N6O. The molecule has 0 spiro atoms. The summed E-state index contributed by atoms with van der Waals surface area (Å²) in [6.45, 7) is 0. The smallest absolute Gasteiger partial charge is 0.318 e. The number of carbonyl (C=O) groups excluding carboxylic acids is 1. The Morgan fingerprint density at radius 2 is 1.96 bits per heavy atom. The number of alkyl halides is 3. The van der Waals surface area contributed by atoms with Gasteiger partial charge in [-0.15, -0.1) is 0 Å². The highest BCUT2D eigenvalue weighted by Crippen LogP contribution is 2.27. The lowest BCUT2D eigenvalue weighted by molar-refractivity contribution is -0.141. The summed E-state index contributed by atoms with van der Waals surface area (Å²) in [6, 6.07) is 3.46. The average molecular weight is 334 g/mol. The average Bonchev–Trinajstić information content (AvgIpc) is 3.09. The van der Waals surface area contributed by atoms with Gasteiger partial charge in [-0.25, -0.2) is 19.9 Å². The van der Waals surface area contributed by atoms with Gasteiger partial charge in [0.05, 0.1) is 11.9 Å². The normalized spacial score (nSPS) is 11.3. The van der Waals surface area contributed by atoms with Crippen molar-refractivity contribution in [3.8, 4) is 5.82 Å². The molecule has 3 aromatic rings. The van der Waals surface area contributed by atoms with Crippen molar-refractivity contribution in [3.63, 3.8) is 0 Å². The lowest BCUT2D eigenvalue weighted by Gasteiger charge is -2.08. The van der Waals surface area contributed by atoms with Gasteiger partial charge < -0.3 is 5.32 Å². The fourth-order valence-electron chi connectivity index (χ4n) is 1.82. The Balaban J connectivity index is 1.77. The maximum absolute atomic E-state index is 12.4. The van der Waals surface area contributed by atoms with E-state index in [-0.39, 0.29) is 11.5 Å². The van der Waals surface area contributed by atoms with E-state index in [9.17, 15) is 18.0 Å². The topological polar surface area (TPSA) is 85.6 Å². The first-order chi connectivity index (χ1) is 11.4. The summed E-state index contributed by atoms with van der Waals surface area (Å²) in [7, 11) is 0. The molecule has 1 N–H and O–H groups in total. The third-order valence-electron chi connectivity index (χ3n) is 2.92. The van der Waals surface area contributed by atoms with Gasteiger partial charge in [-0.1, -0.05) is 0 Å². The van der Waals surface area contributed by atoms with E-state index in [0.29, 0.717) is 5.82 Å². The van der Waals surface area contributed by atoms with Gasteiger partial charge in [0.15, 0.2) is 0 Å². The highest BCUT2D eigenvalue weighted by molar-refractivity contribution is 6.01. The maximum atomic E-state index is 12.4. The van der Waals surface area contributed by atoms with Gasteiger partial charge in [-0.3, -0.25) is 9.36 Å². The molecule has 0 aliphatic rings. The SMILES string of the molecule is O=C(Nc1ccc(C(F)(F)F)nc1)c1nccc(-n2ccnc2)n1. The summed E-state index contributed by atoms with van der Waals surface area (Å²) in [4.78, 5) is 27.2. The summed E-state index contributed by atoms with van der Waals surface area (Å²) in [5.41, 5.74) is -0.941. The molecule has 122 valence electrons. The Morgan fingerprint density at radius 1 is 1.12 bits per heavy atom. The molecule has 3 heterocycles. The standard InChI is InChI=1S/C14H9F3N6O/c15-14(16,17)10-2-1-9(7-20-10)21-13(24)12-19-4-3-11(22-12)23-6-5-18-8-23/h1-8H,(H,21,24). The van der Waals surface area contributed by atoms with Crippen LogP contribution in [0, 0.1) is 0 Å². The van der Waals surface area contributed by atoms with Crippen LogP contribution in [0.1, 0.15) is 16.3 Å². The van der Waals surface area contributed by atoms with Crippen LogP contribution in [0.3, 0.4) is 0 Å². The number of halogens is 3. The first-order valence-corrected chi connectivity index (χ1v) is 6.59. The summed E-state index contributed by atoms with van der Waals surface area (Å²) < 4.78 is 38.9. The molecular weight excluding hydrogens is 325 g/mol. The van der Waals surface area contributed by atoms with Crippen molar-refractivity contribution in [2.24, 2.45) is 0 Å². The van der Waals surface area contributed by atoms with E-state index in [1.54, 1.807) is 23.0 Å². The van der Waals surface area contributed by atoms with Crippen LogP contribution in [0.4, 0.5) is 18.9 Å². The summed E-state index contributed by atoms with van der Waals surface area (Å²) in [6.07, 6.45) is 2.47. The molecule has 7 nitrogen and oxygen atoms in total. The zero-order chi connectivity index (χ0) is 17.2. The van der Waals surface area contributed by atoms with Crippen LogP contribution < -0.4 is 5.32 Å². The molecule has 3 rings (SSSR count). The second-order valence-electron chi connectivity index (χ2n) is 4.59. The molecule has 0 aromatic carbocycles. The van der Waals surface area contributed by atoms with Gasteiger partial charge in [0.1, 0.15) is 17.8 Å². The Morgan fingerprint density at radius 3 is 2.58 bits per heavy atom. The Hall–Kier alpha value is -3.30. The van der Waals surface area contributed by atoms with Gasteiger partial charge in [0.25, 0.3) is 5.91 Å². The Kier molecular flexibility index (Phi) is 3.94. The molecule has 0 bridgehead atoms. The van der Waals surface area contributed by atoms with E-state index in [0.717, 1.165) is 18.3 Å². The summed E-state index contributed by atoms with van der Waals surface area (Å²) in [5.74, 6) is -0.377. The van der Waals surface area contributed by atoms with Crippen LogP contribution in [-0.4, -0.2) is 30.4 Å². The Labute approximate surface area is 133 Å². The lowest BCUT2D eigenvalue weighted by atomic mass is 10.3. The quantitative estimate of drug-likeness (QED) is 0.794. The molecule has 0 saturated carbocycles. The van der Waals surface area contributed by atoms with Crippen molar-refractivity contribution >= 4 is 11.6 Å². The number of imidazole rings is 1. The third kappa shape index (κ3) is 3.37. The molecule has 1 amide bonds. The van der Waals surface area contributed by atoms with Gasteiger partial charge >= 0.3 is 6.18 Å². The molecule has 3 aromatic heterocycles. The number of nitrogens with zero attached hydrogens (tertiary/aromatic N) is 5. The van der Waals surface area contributed by atoms with Crippen molar-refractivity contribution in [1.29, 1.82) is 0 Å². The molecule has 0 aliphatic heterocycles. The fraction of sp³-hybridized carbons (Fsp3) is 0.0714. The number of pyridine rings is 1. The van der Waals surface area contributed by atoms with Crippen LogP contribution in [0.5, 0.6) is 0 Å². The number of anilines is 1. The molecule has 0 fully saturated rings. The van der Waals surface area contributed by atoms with Crippen LogP contribution in [0.15, 0.2) is 49.3 Å². The largest absolute Gasteiger partial charge is 0.433 e. The van der Waals surface area contributed by atoms with Crippen molar-refractivity contribution in [2.45, 2.75) is 6.18 Å². The summed E-state index contributed by atoms with van der Waals surface area (Å²) >= 11 is 0. The van der Waals surface area contributed by atoms with Crippen molar-refractivity contribution in [2.75, 3.05) is 5.32 Å².